The summed E-state index contributed by atoms with van der Waals surface area (Å²) in [5, 5.41) is 1.05. The van der Waals surface area contributed by atoms with Gasteiger partial charge < -0.3 is 9.72 Å². The van der Waals surface area contributed by atoms with Crippen molar-refractivity contribution in [3.63, 3.8) is 0 Å². The maximum Gasteiger partial charge on any atom is 0.157 e. The van der Waals surface area contributed by atoms with E-state index >= 15 is 0 Å². The molecule has 0 unspecified atom stereocenters. The van der Waals surface area contributed by atoms with Gasteiger partial charge >= 0.3 is 0 Å². The molecule has 4 aromatic rings. The molecule has 0 aliphatic carbocycles. The first-order chi connectivity index (χ1) is 10.3. The number of fused-ring (bicyclic) bond motifs is 2. The molecule has 2 aromatic carbocycles. The van der Waals surface area contributed by atoms with Crippen molar-refractivity contribution in [1.82, 2.24) is 15.0 Å². The van der Waals surface area contributed by atoms with Gasteiger partial charge in [-0.05, 0) is 36.4 Å². The first kappa shape index (κ1) is 11.9. The summed E-state index contributed by atoms with van der Waals surface area (Å²) in [4.78, 5) is 12.5. The van der Waals surface area contributed by atoms with Crippen molar-refractivity contribution in [3.05, 3.63) is 54.6 Å². The predicted octanol–water partition coefficient (Wildman–Crippen LogP) is 3.79. The summed E-state index contributed by atoms with van der Waals surface area (Å²) < 4.78 is 5.23. The second kappa shape index (κ2) is 4.59. The molecule has 2 aromatic heterocycles. The van der Waals surface area contributed by atoms with Gasteiger partial charge in [0, 0.05) is 5.39 Å². The van der Waals surface area contributed by atoms with Crippen LogP contribution in [0.25, 0.3) is 33.5 Å². The van der Waals surface area contributed by atoms with Gasteiger partial charge in [0.15, 0.2) is 5.82 Å². The van der Waals surface area contributed by atoms with Crippen LogP contribution < -0.4 is 4.74 Å². The minimum absolute atomic E-state index is 0.786. The fraction of sp³-hybridized carbons (Fsp3) is 0.0588. The van der Waals surface area contributed by atoms with E-state index in [9.17, 15) is 0 Å². The molecule has 4 rings (SSSR count). The number of aromatic nitrogens is 3. The summed E-state index contributed by atoms with van der Waals surface area (Å²) in [7, 11) is 1.66. The first-order valence-electron chi connectivity index (χ1n) is 6.73. The highest BCUT2D eigenvalue weighted by molar-refractivity contribution is 5.84. The zero-order chi connectivity index (χ0) is 14.2. The zero-order valence-electron chi connectivity index (χ0n) is 11.5. The number of aromatic amines is 1. The Morgan fingerprint density at radius 3 is 2.67 bits per heavy atom. The lowest BCUT2D eigenvalue weighted by Crippen LogP contribution is -1.88. The lowest BCUT2D eigenvalue weighted by Gasteiger charge is -2.03. The van der Waals surface area contributed by atoms with E-state index < -0.39 is 0 Å². The normalized spacial score (nSPS) is 11.1. The van der Waals surface area contributed by atoms with Crippen LogP contribution in [0.4, 0.5) is 0 Å². The number of para-hydroxylation sites is 2. The Balaban J connectivity index is 1.86. The molecular weight excluding hydrogens is 262 g/mol. The van der Waals surface area contributed by atoms with E-state index in [2.05, 4.69) is 15.0 Å². The molecule has 4 nitrogen and oxygen atoms in total. The van der Waals surface area contributed by atoms with Crippen LogP contribution in [0.2, 0.25) is 0 Å². The molecule has 0 bridgehead atoms. The Morgan fingerprint density at radius 1 is 0.905 bits per heavy atom. The van der Waals surface area contributed by atoms with Gasteiger partial charge in [0.2, 0.25) is 0 Å². The van der Waals surface area contributed by atoms with Gasteiger partial charge in [-0.2, -0.15) is 0 Å². The first-order valence-corrected chi connectivity index (χ1v) is 6.73. The number of hydrogen-bond acceptors (Lipinski definition) is 3. The van der Waals surface area contributed by atoms with Gasteiger partial charge in [-0.3, -0.25) is 0 Å². The molecule has 1 N–H and O–H groups in total. The van der Waals surface area contributed by atoms with E-state index in [0.717, 1.165) is 39.2 Å². The second-order valence-corrected chi connectivity index (χ2v) is 4.86. The molecule has 0 aliphatic heterocycles. The lowest BCUT2D eigenvalue weighted by molar-refractivity contribution is 0.415. The number of nitrogens with zero attached hydrogens (tertiary/aromatic N) is 2. The predicted molar refractivity (Wildman–Crippen MR) is 83.4 cm³/mol. The average molecular weight is 275 g/mol. The van der Waals surface area contributed by atoms with Gasteiger partial charge in [0.1, 0.15) is 11.4 Å². The van der Waals surface area contributed by atoms with Crippen LogP contribution in [0.5, 0.6) is 5.75 Å². The Hall–Kier alpha value is -2.88. The summed E-state index contributed by atoms with van der Waals surface area (Å²) in [6.45, 7) is 0. The van der Waals surface area contributed by atoms with Crippen LogP contribution in [0, 0.1) is 0 Å². The Morgan fingerprint density at radius 2 is 1.81 bits per heavy atom. The minimum atomic E-state index is 0.786. The van der Waals surface area contributed by atoms with Crippen LogP contribution in [-0.4, -0.2) is 22.1 Å². The van der Waals surface area contributed by atoms with E-state index in [0.29, 0.717) is 0 Å². The van der Waals surface area contributed by atoms with Crippen molar-refractivity contribution >= 4 is 21.9 Å². The molecule has 0 atom stereocenters. The van der Waals surface area contributed by atoms with Crippen molar-refractivity contribution < 1.29 is 4.74 Å². The van der Waals surface area contributed by atoms with Gasteiger partial charge in [0.05, 0.1) is 23.7 Å². The second-order valence-electron chi connectivity index (χ2n) is 4.86. The van der Waals surface area contributed by atoms with Crippen molar-refractivity contribution in [2.75, 3.05) is 7.11 Å². The average Bonchev–Trinajstić information content (AvgIpc) is 2.98. The van der Waals surface area contributed by atoms with Crippen LogP contribution in [0.15, 0.2) is 54.6 Å². The molecule has 0 fully saturated rings. The molecule has 0 aliphatic rings. The van der Waals surface area contributed by atoms with E-state index in [1.54, 1.807) is 7.11 Å². The molecule has 0 radical (unpaired) electrons. The largest absolute Gasteiger partial charge is 0.497 e. The Bertz CT molecular complexity index is 910. The fourth-order valence-corrected chi connectivity index (χ4v) is 2.44. The standard InChI is InChI=1S/C17H13N3O/c1-21-12-7-9-13-11(10-12)6-8-16(18-13)17-19-14-4-2-3-5-15(14)20-17/h2-10H,1H3,(H,19,20). The molecule has 0 saturated heterocycles. The quantitative estimate of drug-likeness (QED) is 0.605. The van der Waals surface area contributed by atoms with Crippen molar-refractivity contribution in [1.29, 1.82) is 0 Å². The van der Waals surface area contributed by atoms with Crippen LogP contribution >= 0.6 is 0 Å². The van der Waals surface area contributed by atoms with Crippen molar-refractivity contribution in [3.8, 4) is 17.3 Å². The third-order valence-corrected chi connectivity index (χ3v) is 3.53. The summed E-state index contributed by atoms with van der Waals surface area (Å²) in [6.07, 6.45) is 0. The number of imidazole rings is 1. The van der Waals surface area contributed by atoms with Gasteiger partial charge in [-0.25, -0.2) is 9.97 Å². The Labute approximate surface area is 121 Å². The number of benzene rings is 2. The molecule has 102 valence electrons. The number of rotatable bonds is 2. The SMILES string of the molecule is COc1ccc2nc(-c3nc4ccccc4[nH]3)ccc2c1. The number of nitrogens with one attached hydrogen (secondary N) is 1. The highest BCUT2D eigenvalue weighted by Crippen LogP contribution is 2.24. The topological polar surface area (TPSA) is 50.8 Å². The number of hydrogen-bond donors (Lipinski definition) is 1. The maximum atomic E-state index is 5.23. The monoisotopic (exact) mass is 275 g/mol. The minimum Gasteiger partial charge on any atom is -0.497 e. The third kappa shape index (κ3) is 2.01. The van der Waals surface area contributed by atoms with Crippen LogP contribution in [0.3, 0.4) is 0 Å². The van der Waals surface area contributed by atoms with E-state index in [1.807, 2.05) is 54.6 Å². The van der Waals surface area contributed by atoms with Crippen LogP contribution in [-0.2, 0) is 0 Å². The highest BCUT2D eigenvalue weighted by Gasteiger charge is 2.07. The molecule has 21 heavy (non-hydrogen) atoms. The van der Waals surface area contributed by atoms with Gasteiger partial charge in [-0.1, -0.05) is 18.2 Å². The molecule has 0 spiro atoms. The highest BCUT2D eigenvalue weighted by atomic mass is 16.5. The van der Waals surface area contributed by atoms with Gasteiger partial charge in [-0.15, -0.1) is 0 Å². The summed E-state index contributed by atoms with van der Waals surface area (Å²) in [6, 6.07) is 17.8. The summed E-state index contributed by atoms with van der Waals surface area (Å²) in [5.74, 6) is 1.62. The Kier molecular flexibility index (Phi) is 2.60. The zero-order valence-corrected chi connectivity index (χ0v) is 11.5. The molecule has 4 heteroatoms. The fourth-order valence-electron chi connectivity index (χ4n) is 2.44. The number of methoxy groups -OCH3 is 1. The lowest BCUT2D eigenvalue weighted by atomic mass is 10.2. The molecule has 0 amide bonds. The van der Waals surface area contributed by atoms with Gasteiger partial charge in [0.25, 0.3) is 0 Å². The number of H-pyrrole nitrogens is 1. The smallest absolute Gasteiger partial charge is 0.157 e. The van der Waals surface area contributed by atoms with E-state index in [-0.39, 0.29) is 0 Å². The summed E-state index contributed by atoms with van der Waals surface area (Å²) in [5.41, 5.74) is 3.73. The van der Waals surface area contributed by atoms with Crippen molar-refractivity contribution in [2.24, 2.45) is 0 Å². The number of ether oxygens (including phenoxy) is 1. The van der Waals surface area contributed by atoms with E-state index in [1.165, 1.54) is 0 Å². The summed E-state index contributed by atoms with van der Waals surface area (Å²) >= 11 is 0. The number of pyridine rings is 1. The molecule has 0 saturated carbocycles. The van der Waals surface area contributed by atoms with Crippen molar-refractivity contribution in [2.45, 2.75) is 0 Å². The third-order valence-electron chi connectivity index (χ3n) is 3.53. The van der Waals surface area contributed by atoms with Crippen LogP contribution in [0.1, 0.15) is 0 Å². The van der Waals surface area contributed by atoms with E-state index in [4.69, 9.17) is 4.74 Å². The maximum absolute atomic E-state index is 5.23. The molecule has 2 heterocycles. The molecular formula is C17H13N3O.